The molecule has 114 valence electrons. The molecule has 1 aromatic carbocycles. The Bertz CT molecular complexity index is 528. The van der Waals surface area contributed by atoms with Crippen LogP contribution in [-0.2, 0) is 0 Å². The lowest BCUT2D eigenvalue weighted by Gasteiger charge is -2.32. The number of hydrogen-bond donors (Lipinski definition) is 1. The van der Waals surface area contributed by atoms with Crippen LogP contribution in [0.4, 0.5) is 11.4 Å². The Morgan fingerprint density at radius 2 is 2.14 bits per heavy atom. The van der Waals surface area contributed by atoms with Crippen molar-refractivity contribution in [3.8, 4) is 0 Å². The Kier molecular flexibility index (Phi) is 4.31. The van der Waals surface area contributed by atoms with Gasteiger partial charge in [0.05, 0.1) is 4.92 Å². The van der Waals surface area contributed by atoms with Crippen LogP contribution in [0.15, 0.2) is 18.2 Å². The van der Waals surface area contributed by atoms with Crippen LogP contribution in [0.1, 0.15) is 32.1 Å². The van der Waals surface area contributed by atoms with Crippen molar-refractivity contribution in [1.29, 1.82) is 0 Å². The van der Waals surface area contributed by atoms with Gasteiger partial charge < -0.3 is 10.2 Å². The van der Waals surface area contributed by atoms with Gasteiger partial charge in [0.15, 0.2) is 0 Å². The number of nitrogens with one attached hydrogen (secondary N) is 1. The SMILES string of the molecule is O=[N+]([O-])c1c(Cl)cccc1N(CC1CCCCN1)C1CC1. The van der Waals surface area contributed by atoms with E-state index in [-0.39, 0.29) is 15.6 Å². The van der Waals surface area contributed by atoms with E-state index in [1.807, 2.05) is 6.07 Å². The van der Waals surface area contributed by atoms with E-state index in [0.29, 0.717) is 17.8 Å². The van der Waals surface area contributed by atoms with E-state index >= 15 is 0 Å². The predicted molar refractivity (Wildman–Crippen MR) is 84.1 cm³/mol. The molecule has 1 aliphatic carbocycles. The van der Waals surface area contributed by atoms with Crippen molar-refractivity contribution in [3.05, 3.63) is 33.3 Å². The van der Waals surface area contributed by atoms with Crippen LogP contribution >= 0.6 is 11.6 Å². The third-order valence-electron chi connectivity index (χ3n) is 4.27. The summed E-state index contributed by atoms with van der Waals surface area (Å²) in [7, 11) is 0. The first kappa shape index (κ1) is 14.6. The minimum absolute atomic E-state index is 0.0434. The number of benzene rings is 1. The number of para-hydroxylation sites is 1. The molecule has 0 spiro atoms. The van der Waals surface area contributed by atoms with E-state index in [4.69, 9.17) is 11.6 Å². The maximum Gasteiger partial charge on any atom is 0.310 e. The maximum atomic E-state index is 11.4. The third kappa shape index (κ3) is 3.30. The Labute approximate surface area is 129 Å². The molecule has 1 N–H and O–H groups in total. The summed E-state index contributed by atoms with van der Waals surface area (Å²) in [4.78, 5) is 13.2. The zero-order valence-electron chi connectivity index (χ0n) is 11.9. The van der Waals surface area contributed by atoms with Gasteiger partial charge in [-0.25, -0.2) is 0 Å². The second kappa shape index (κ2) is 6.20. The quantitative estimate of drug-likeness (QED) is 0.669. The van der Waals surface area contributed by atoms with Gasteiger partial charge in [0, 0.05) is 18.6 Å². The summed E-state index contributed by atoms with van der Waals surface area (Å²) >= 11 is 6.05. The van der Waals surface area contributed by atoms with Gasteiger partial charge >= 0.3 is 5.69 Å². The van der Waals surface area contributed by atoms with Crippen molar-refractivity contribution in [2.75, 3.05) is 18.0 Å². The molecular weight excluding hydrogens is 290 g/mol. The van der Waals surface area contributed by atoms with Gasteiger partial charge in [-0.05, 0) is 44.4 Å². The van der Waals surface area contributed by atoms with Crippen molar-refractivity contribution < 1.29 is 4.92 Å². The van der Waals surface area contributed by atoms with E-state index in [1.54, 1.807) is 12.1 Å². The van der Waals surface area contributed by atoms with Crippen LogP contribution in [-0.4, -0.2) is 30.1 Å². The molecule has 3 rings (SSSR count). The second-order valence-electron chi connectivity index (χ2n) is 5.90. The molecule has 0 bridgehead atoms. The van der Waals surface area contributed by atoms with Gasteiger partial charge in [-0.2, -0.15) is 0 Å². The van der Waals surface area contributed by atoms with E-state index in [2.05, 4.69) is 10.2 Å². The first-order chi connectivity index (χ1) is 10.2. The highest BCUT2D eigenvalue weighted by Crippen LogP contribution is 2.40. The average Bonchev–Trinajstić information content (AvgIpc) is 3.30. The predicted octanol–water partition coefficient (Wildman–Crippen LogP) is 3.36. The lowest BCUT2D eigenvalue weighted by Crippen LogP contribution is -2.44. The molecule has 1 atom stereocenters. The number of nitro groups is 1. The Morgan fingerprint density at radius 3 is 2.76 bits per heavy atom. The number of piperidine rings is 1. The fraction of sp³-hybridized carbons (Fsp3) is 0.600. The van der Waals surface area contributed by atoms with Crippen molar-refractivity contribution in [3.63, 3.8) is 0 Å². The first-order valence-corrected chi connectivity index (χ1v) is 7.97. The van der Waals surface area contributed by atoms with Gasteiger partial charge in [-0.15, -0.1) is 0 Å². The molecule has 1 heterocycles. The largest absolute Gasteiger partial charge is 0.361 e. The van der Waals surface area contributed by atoms with Gasteiger partial charge in [0.2, 0.25) is 0 Å². The molecule has 1 aromatic rings. The number of nitrogens with zero attached hydrogens (tertiary/aromatic N) is 2. The van der Waals surface area contributed by atoms with Crippen molar-refractivity contribution in [1.82, 2.24) is 5.32 Å². The molecule has 2 fully saturated rings. The molecule has 5 nitrogen and oxygen atoms in total. The Hall–Kier alpha value is -1.33. The molecule has 1 unspecified atom stereocenters. The fourth-order valence-corrected chi connectivity index (χ4v) is 3.30. The van der Waals surface area contributed by atoms with E-state index in [1.165, 1.54) is 12.8 Å². The summed E-state index contributed by atoms with van der Waals surface area (Å²) in [6.45, 7) is 1.87. The number of nitro benzene ring substituents is 1. The van der Waals surface area contributed by atoms with Crippen LogP contribution in [0.25, 0.3) is 0 Å². The lowest BCUT2D eigenvalue weighted by atomic mass is 10.0. The van der Waals surface area contributed by atoms with Crippen LogP contribution in [0.5, 0.6) is 0 Å². The van der Waals surface area contributed by atoms with Crippen LogP contribution in [0.2, 0.25) is 5.02 Å². The highest BCUT2D eigenvalue weighted by Gasteiger charge is 2.35. The summed E-state index contributed by atoms with van der Waals surface area (Å²) in [6, 6.07) is 6.05. The Balaban J connectivity index is 1.87. The summed E-state index contributed by atoms with van der Waals surface area (Å²) < 4.78 is 0. The molecule has 0 amide bonds. The number of halogens is 1. The van der Waals surface area contributed by atoms with E-state index in [0.717, 1.165) is 32.4 Å². The highest BCUT2D eigenvalue weighted by molar-refractivity contribution is 6.33. The van der Waals surface area contributed by atoms with Gasteiger partial charge in [-0.3, -0.25) is 10.1 Å². The monoisotopic (exact) mass is 309 g/mol. The summed E-state index contributed by atoms with van der Waals surface area (Å²) in [6.07, 6.45) is 5.80. The van der Waals surface area contributed by atoms with Gasteiger partial charge in [0.1, 0.15) is 10.7 Å². The van der Waals surface area contributed by atoms with Gasteiger partial charge in [0.25, 0.3) is 0 Å². The fourth-order valence-electron chi connectivity index (χ4n) is 3.06. The van der Waals surface area contributed by atoms with Crippen LogP contribution in [0, 0.1) is 10.1 Å². The molecule has 0 radical (unpaired) electrons. The molecule has 0 aromatic heterocycles. The van der Waals surface area contributed by atoms with Crippen molar-refractivity contribution in [2.24, 2.45) is 0 Å². The molecule has 1 saturated carbocycles. The number of anilines is 1. The number of hydrogen-bond acceptors (Lipinski definition) is 4. The van der Waals surface area contributed by atoms with Crippen molar-refractivity contribution in [2.45, 2.75) is 44.2 Å². The van der Waals surface area contributed by atoms with Gasteiger partial charge in [-0.1, -0.05) is 24.1 Å². The molecule has 2 aliphatic rings. The normalized spacial score (nSPS) is 22.0. The minimum Gasteiger partial charge on any atom is -0.361 e. The summed E-state index contributed by atoms with van der Waals surface area (Å²) in [5.41, 5.74) is 0.712. The first-order valence-electron chi connectivity index (χ1n) is 7.60. The standard InChI is InChI=1S/C15H20ClN3O2/c16-13-5-3-6-14(15(13)19(20)21)18(12-7-8-12)10-11-4-1-2-9-17-11/h3,5-6,11-12,17H,1-2,4,7-10H2. The topological polar surface area (TPSA) is 58.4 Å². The third-order valence-corrected chi connectivity index (χ3v) is 4.58. The molecular formula is C15H20ClN3O2. The highest BCUT2D eigenvalue weighted by atomic mass is 35.5. The smallest absolute Gasteiger partial charge is 0.310 e. The van der Waals surface area contributed by atoms with Crippen LogP contribution in [0.3, 0.4) is 0 Å². The zero-order chi connectivity index (χ0) is 14.8. The summed E-state index contributed by atoms with van der Waals surface area (Å²) in [5, 5.41) is 15.1. The zero-order valence-corrected chi connectivity index (χ0v) is 12.7. The molecule has 6 heteroatoms. The minimum atomic E-state index is -0.360. The summed E-state index contributed by atoms with van der Waals surface area (Å²) in [5.74, 6) is 0. The second-order valence-corrected chi connectivity index (χ2v) is 6.30. The van der Waals surface area contributed by atoms with Crippen LogP contribution < -0.4 is 10.2 Å². The maximum absolute atomic E-state index is 11.4. The van der Waals surface area contributed by atoms with E-state index < -0.39 is 0 Å². The van der Waals surface area contributed by atoms with E-state index in [9.17, 15) is 10.1 Å². The lowest BCUT2D eigenvalue weighted by molar-refractivity contribution is -0.384. The average molecular weight is 310 g/mol. The Morgan fingerprint density at radius 1 is 1.33 bits per heavy atom. The van der Waals surface area contributed by atoms with Crippen molar-refractivity contribution >= 4 is 23.0 Å². The molecule has 1 aliphatic heterocycles. The molecule has 21 heavy (non-hydrogen) atoms. The molecule has 1 saturated heterocycles. The number of rotatable bonds is 5.